The van der Waals surface area contributed by atoms with Gasteiger partial charge in [-0.2, -0.15) is 4.98 Å². The van der Waals surface area contributed by atoms with Gasteiger partial charge >= 0.3 is 0 Å². The van der Waals surface area contributed by atoms with E-state index in [0.29, 0.717) is 36.2 Å². The van der Waals surface area contributed by atoms with E-state index in [1.807, 2.05) is 24.3 Å². The zero-order valence-electron chi connectivity index (χ0n) is 13.2. The summed E-state index contributed by atoms with van der Waals surface area (Å²) in [7, 11) is 1.59. The Labute approximate surface area is 138 Å². The first-order valence-electron chi connectivity index (χ1n) is 7.51. The molecule has 1 N–H and O–H groups in total. The largest absolute Gasteiger partial charge is 0.496 e. The molecule has 0 spiro atoms. The lowest BCUT2D eigenvalue weighted by molar-refractivity contribution is -0.121. The minimum Gasteiger partial charge on any atom is -0.496 e. The van der Waals surface area contributed by atoms with Gasteiger partial charge in [-0.15, -0.1) is 0 Å². The number of hydrogen-bond acceptors (Lipinski definition) is 6. The number of benzene rings is 1. The van der Waals surface area contributed by atoms with Crippen LogP contribution >= 0.6 is 0 Å². The van der Waals surface area contributed by atoms with Crippen molar-refractivity contribution in [3.63, 3.8) is 0 Å². The number of para-hydroxylation sites is 1. The zero-order chi connectivity index (χ0) is 16.8. The molecule has 24 heavy (non-hydrogen) atoms. The maximum absolute atomic E-state index is 11.8. The molecule has 0 aliphatic heterocycles. The van der Waals surface area contributed by atoms with Gasteiger partial charge in [-0.25, -0.2) is 0 Å². The fourth-order valence-corrected chi connectivity index (χ4v) is 2.20. The van der Waals surface area contributed by atoms with Crippen LogP contribution in [0.25, 0.3) is 11.4 Å². The number of ether oxygens (including phenoxy) is 1. The molecule has 0 bridgehead atoms. The van der Waals surface area contributed by atoms with Crippen LogP contribution in [0.15, 0.2) is 51.6 Å². The van der Waals surface area contributed by atoms with E-state index >= 15 is 0 Å². The Hall–Kier alpha value is -3.09. The highest BCUT2D eigenvalue weighted by Gasteiger charge is 2.13. The topological polar surface area (TPSA) is 90.4 Å². The van der Waals surface area contributed by atoms with Gasteiger partial charge in [-0.1, -0.05) is 17.3 Å². The van der Waals surface area contributed by atoms with Crippen molar-refractivity contribution in [1.82, 2.24) is 15.5 Å². The van der Waals surface area contributed by atoms with Gasteiger partial charge in [0, 0.05) is 12.8 Å². The second-order valence-electron chi connectivity index (χ2n) is 5.07. The minimum atomic E-state index is -0.108. The van der Waals surface area contributed by atoms with Gasteiger partial charge in [-0.05, 0) is 24.3 Å². The fraction of sp³-hybridized carbons (Fsp3) is 0.235. The molecule has 0 fully saturated rings. The smallest absolute Gasteiger partial charge is 0.227 e. The molecule has 1 aromatic carbocycles. The molecule has 7 heteroatoms. The Balaban J connectivity index is 1.55. The average Bonchev–Trinajstić information content (AvgIpc) is 3.29. The van der Waals surface area contributed by atoms with Crippen LogP contribution in [0.4, 0.5) is 0 Å². The van der Waals surface area contributed by atoms with E-state index < -0.39 is 0 Å². The van der Waals surface area contributed by atoms with Crippen LogP contribution in [0.5, 0.6) is 5.75 Å². The molecular weight excluding hydrogens is 310 g/mol. The molecular formula is C17H17N3O4. The van der Waals surface area contributed by atoms with E-state index in [1.54, 1.807) is 25.5 Å². The SMILES string of the molecule is COc1ccccc1-c1noc(CCC(=O)NCc2ccco2)n1. The number of carbonyl (C=O) groups excluding carboxylic acids is 1. The molecule has 0 aliphatic carbocycles. The van der Waals surface area contributed by atoms with E-state index in [9.17, 15) is 4.79 Å². The van der Waals surface area contributed by atoms with Crippen LogP contribution in [-0.2, 0) is 17.8 Å². The molecule has 0 unspecified atom stereocenters. The lowest BCUT2D eigenvalue weighted by Gasteiger charge is -2.03. The summed E-state index contributed by atoms with van der Waals surface area (Å²) in [6.07, 6.45) is 2.19. The van der Waals surface area contributed by atoms with Crippen molar-refractivity contribution in [2.75, 3.05) is 7.11 Å². The molecule has 124 valence electrons. The summed E-state index contributed by atoms with van der Waals surface area (Å²) in [6.45, 7) is 0.363. The summed E-state index contributed by atoms with van der Waals surface area (Å²) in [6, 6.07) is 11.0. The molecule has 0 saturated carbocycles. The molecule has 3 rings (SSSR count). The third-order valence-corrected chi connectivity index (χ3v) is 3.42. The van der Waals surface area contributed by atoms with Gasteiger partial charge in [0.25, 0.3) is 0 Å². The van der Waals surface area contributed by atoms with Crippen molar-refractivity contribution in [3.05, 3.63) is 54.3 Å². The van der Waals surface area contributed by atoms with Crippen LogP contribution in [0.3, 0.4) is 0 Å². The maximum atomic E-state index is 11.8. The zero-order valence-corrected chi connectivity index (χ0v) is 13.2. The number of hydrogen-bond donors (Lipinski definition) is 1. The molecule has 2 heterocycles. The number of aryl methyl sites for hydroxylation is 1. The molecule has 1 amide bonds. The normalized spacial score (nSPS) is 10.5. The second kappa shape index (κ2) is 7.45. The van der Waals surface area contributed by atoms with Gasteiger partial charge in [0.15, 0.2) is 0 Å². The molecule has 0 radical (unpaired) electrons. The van der Waals surface area contributed by atoms with Crippen LogP contribution < -0.4 is 10.1 Å². The highest BCUT2D eigenvalue weighted by molar-refractivity contribution is 5.76. The number of nitrogens with one attached hydrogen (secondary N) is 1. The Morgan fingerprint density at radius 2 is 2.12 bits per heavy atom. The Morgan fingerprint density at radius 1 is 1.25 bits per heavy atom. The Morgan fingerprint density at radius 3 is 2.92 bits per heavy atom. The van der Waals surface area contributed by atoms with Crippen LogP contribution in [0.1, 0.15) is 18.1 Å². The van der Waals surface area contributed by atoms with Crippen molar-refractivity contribution >= 4 is 5.91 Å². The van der Waals surface area contributed by atoms with Gasteiger partial charge < -0.3 is 19.0 Å². The summed E-state index contributed by atoms with van der Waals surface area (Å²) in [5.41, 5.74) is 0.747. The summed E-state index contributed by atoms with van der Waals surface area (Å²) in [4.78, 5) is 16.1. The second-order valence-corrected chi connectivity index (χ2v) is 5.07. The van der Waals surface area contributed by atoms with E-state index in [0.717, 1.165) is 5.56 Å². The molecule has 0 aliphatic rings. The summed E-state index contributed by atoms with van der Waals surface area (Å²) in [5.74, 6) is 2.12. The first-order valence-corrected chi connectivity index (χ1v) is 7.51. The number of carbonyl (C=O) groups is 1. The predicted octanol–water partition coefficient (Wildman–Crippen LogP) is 2.59. The predicted molar refractivity (Wildman–Crippen MR) is 85.2 cm³/mol. The third-order valence-electron chi connectivity index (χ3n) is 3.42. The Kier molecular flexibility index (Phi) is 4.90. The van der Waals surface area contributed by atoms with Gasteiger partial charge in [0.2, 0.25) is 17.6 Å². The van der Waals surface area contributed by atoms with E-state index in [4.69, 9.17) is 13.7 Å². The van der Waals surface area contributed by atoms with Crippen molar-refractivity contribution in [3.8, 4) is 17.1 Å². The Bertz CT molecular complexity index is 796. The van der Waals surface area contributed by atoms with Gasteiger partial charge in [0.1, 0.15) is 11.5 Å². The average molecular weight is 327 g/mol. The minimum absolute atomic E-state index is 0.108. The van der Waals surface area contributed by atoms with Crippen LogP contribution in [-0.4, -0.2) is 23.2 Å². The summed E-state index contributed by atoms with van der Waals surface area (Å²) < 4.78 is 15.6. The molecule has 0 atom stereocenters. The number of amides is 1. The highest BCUT2D eigenvalue weighted by atomic mass is 16.5. The van der Waals surface area contributed by atoms with Crippen molar-refractivity contribution in [2.24, 2.45) is 0 Å². The number of aromatic nitrogens is 2. The monoisotopic (exact) mass is 327 g/mol. The molecule has 0 saturated heterocycles. The number of furan rings is 1. The van der Waals surface area contributed by atoms with Gasteiger partial charge in [-0.3, -0.25) is 4.79 Å². The summed E-state index contributed by atoms with van der Waals surface area (Å²) in [5, 5.41) is 6.72. The van der Waals surface area contributed by atoms with E-state index in [2.05, 4.69) is 15.5 Å². The van der Waals surface area contributed by atoms with Crippen LogP contribution in [0, 0.1) is 0 Å². The highest BCUT2D eigenvalue weighted by Crippen LogP contribution is 2.27. The first kappa shape index (κ1) is 15.8. The number of rotatable bonds is 7. The summed E-state index contributed by atoms with van der Waals surface area (Å²) >= 11 is 0. The molecule has 7 nitrogen and oxygen atoms in total. The molecule has 3 aromatic rings. The lowest BCUT2D eigenvalue weighted by atomic mass is 10.2. The van der Waals surface area contributed by atoms with Gasteiger partial charge in [0.05, 0.1) is 25.5 Å². The lowest BCUT2D eigenvalue weighted by Crippen LogP contribution is -2.22. The number of methoxy groups -OCH3 is 1. The quantitative estimate of drug-likeness (QED) is 0.717. The van der Waals surface area contributed by atoms with E-state index in [-0.39, 0.29) is 12.3 Å². The van der Waals surface area contributed by atoms with E-state index in [1.165, 1.54) is 0 Å². The van der Waals surface area contributed by atoms with Crippen LogP contribution in [0.2, 0.25) is 0 Å². The first-order chi connectivity index (χ1) is 11.8. The molecule has 2 aromatic heterocycles. The standard InChI is InChI=1S/C17H17N3O4/c1-22-14-7-3-2-6-13(14)17-19-16(24-20-17)9-8-15(21)18-11-12-5-4-10-23-12/h2-7,10H,8-9,11H2,1H3,(H,18,21). The van der Waals surface area contributed by atoms with Crippen molar-refractivity contribution in [2.45, 2.75) is 19.4 Å². The van der Waals surface area contributed by atoms with Crippen molar-refractivity contribution < 1.29 is 18.5 Å². The van der Waals surface area contributed by atoms with Crippen molar-refractivity contribution in [1.29, 1.82) is 0 Å². The number of nitrogens with zero attached hydrogens (tertiary/aromatic N) is 2. The third kappa shape index (κ3) is 3.81. The maximum Gasteiger partial charge on any atom is 0.227 e. The fourth-order valence-electron chi connectivity index (χ4n) is 2.20.